The molecule has 1 aromatic carbocycles. The van der Waals surface area contributed by atoms with E-state index in [2.05, 4.69) is 23.7 Å². The van der Waals surface area contributed by atoms with Crippen molar-refractivity contribution in [1.82, 2.24) is 5.32 Å². The summed E-state index contributed by atoms with van der Waals surface area (Å²) in [6.07, 6.45) is 6.66. The molecule has 3 atom stereocenters. The zero-order valence-electron chi connectivity index (χ0n) is 17.8. The Labute approximate surface area is 209 Å². The third-order valence-electron chi connectivity index (χ3n) is 5.72. The third kappa shape index (κ3) is 7.74. The molecule has 161 valence electrons. The van der Waals surface area contributed by atoms with E-state index in [1.807, 2.05) is 30.3 Å². The maximum atomic E-state index is 12.2. The average molecular weight is 503 g/mol. The summed E-state index contributed by atoms with van der Waals surface area (Å²) in [5.74, 6) is 1.18. The zero-order valence-corrected chi connectivity index (χ0v) is 21.5. The summed E-state index contributed by atoms with van der Waals surface area (Å²) in [5.41, 5.74) is 0.940. The Morgan fingerprint density at radius 2 is 2.03 bits per heavy atom. The minimum absolute atomic E-state index is 0. The molecule has 0 bridgehead atoms. The van der Waals surface area contributed by atoms with Gasteiger partial charge in [-0.15, -0.1) is 10.3 Å². The second kappa shape index (κ2) is 13.6. The SMILES string of the molecule is CCCCCC(O)c1ccc(OC[C@H]2CNC(=O)[C@@H]2CCCc2cc[c-]s2)cc1.[Y]. The first-order valence-electron chi connectivity index (χ1n) is 10.8. The van der Waals surface area contributed by atoms with Crippen molar-refractivity contribution in [3.8, 4) is 5.75 Å². The van der Waals surface area contributed by atoms with Gasteiger partial charge < -0.3 is 26.5 Å². The van der Waals surface area contributed by atoms with Crippen molar-refractivity contribution in [2.24, 2.45) is 11.8 Å². The number of rotatable bonds is 12. The van der Waals surface area contributed by atoms with E-state index in [4.69, 9.17) is 4.74 Å². The molecule has 6 heteroatoms. The van der Waals surface area contributed by atoms with Gasteiger partial charge in [-0.05, 0) is 30.5 Å². The Balaban J connectivity index is 0.00000320. The fourth-order valence-corrected chi connectivity index (χ4v) is 4.58. The van der Waals surface area contributed by atoms with Crippen LogP contribution in [0.15, 0.2) is 36.4 Å². The van der Waals surface area contributed by atoms with Crippen LogP contribution in [0.4, 0.5) is 0 Å². The molecule has 1 fully saturated rings. The fraction of sp³-hybridized carbons (Fsp3) is 0.542. The summed E-state index contributed by atoms with van der Waals surface area (Å²) < 4.78 is 5.98. The molecule has 1 aliphatic rings. The van der Waals surface area contributed by atoms with Crippen molar-refractivity contribution in [2.75, 3.05) is 13.2 Å². The van der Waals surface area contributed by atoms with E-state index in [1.54, 1.807) is 11.3 Å². The van der Waals surface area contributed by atoms with Crippen molar-refractivity contribution in [2.45, 2.75) is 58.0 Å². The molecule has 0 aliphatic carbocycles. The summed E-state index contributed by atoms with van der Waals surface area (Å²) in [7, 11) is 0. The first kappa shape index (κ1) is 25.5. The van der Waals surface area contributed by atoms with Crippen LogP contribution in [0.2, 0.25) is 0 Å². The number of unbranched alkanes of at least 4 members (excludes halogenated alkanes) is 2. The van der Waals surface area contributed by atoms with Crippen molar-refractivity contribution < 1.29 is 47.3 Å². The minimum atomic E-state index is -0.405. The topological polar surface area (TPSA) is 58.6 Å². The zero-order chi connectivity index (χ0) is 20.5. The molecule has 1 saturated heterocycles. The van der Waals surface area contributed by atoms with Crippen molar-refractivity contribution >= 4 is 17.2 Å². The molecule has 2 aromatic rings. The van der Waals surface area contributed by atoms with Gasteiger partial charge in [0.2, 0.25) is 5.91 Å². The molecule has 2 heterocycles. The maximum Gasteiger partial charge on any atom is 0.223 e. The van der Waals surface area contributed by atoms with E-state index in [-0.39, 0.29) is 50.5 Å². The van der Waals surface area contributed by atoms with Gasteiger partial charge in [-0.25, -0.2) is 6.07 Å². The van der Waals surface area contributed by atoms with Crippen molar-refractivity contribution in [3.63, 3.8) is 0 Å². The number of nitrogens with one attached hydrogen (secondary N) is 1. The van der Waals surface area contributed by atoms with Crippen LogP contribution in [-0.2, 0) is 43.9 Å². The van der Waals surface area contributed by atoms with E-state index in [0.29, 0.717) is 13.2 Å². The molecule has 1 radical (unpaired) electrons. The molecule has 1 unspecified atom stereocenters. The quantitative estimate of drug-likeness (QED) is 0.319. The molecule has 0 saturated carbocycles. The van der Waals surface area contributed by atoms with Crippen LogP contribution in [-0.4, -0.2) is 24.2 Å². The van der Waals surface area contributed by atoms with Gasteiger partial charge in [0.05, 0.1) is 12.7 Å². The molecule has 4 nitrogen and oxygen atoms in total. The van der Waals surface area contributed by atoms with Gasteiger partial charge in [0.1, 0.15) is 5.75 Å². The van der Waals surface area contributed by atoms with Gasteiger partial charge in [-0.3, -0.25) is 4.79 Å². The number of hydrogen-bond acceptors (Lipinski definition) is 4. The summed E-state index contributed by atoms with van der Waals surface area (Å²) in [6.45, 7) is 3.39. The van der Waals surface area contributed by atoms with E-state index in [9.17, 15) is 9.90 Å². The predicted molar refractivity (Wildman–Crippen MR) is 117 cm³/mol. The van der Waals surface area contributed by atoms with E-state index >= 15 is 0 Å². The Hall–Kier alpha value is -0.746. The van der Waals surface area contributed by atoms with Gasteiger partial charge in [0, 0.05) is 51.1 Å². The molecule has 30 heavy (non-hydrogen) atoms. The average Bonchev–Trinajstić information content (AvgIpc) is 3.37. The number of hydrogen-bond donors (Lipinski definition) is 2. The van der Waals surface area contributed by atoms with Crippen LogP contribution < -0.4 is 10.1 Å². The summed E-state index contributed by atoms with van der Waals surface area (Å²) in [6, 6.07) is 11.8. The van der Waals surface area contributed by atoms with Gasteiger partial charge in [-0.2, -0.15) is 6.07 Å². The molecule has 2 N–H and O–H groups in total. The van der Waals surface area contributed by atoms with Crippen LogP contribution in [0.1, 0.15) is 62.0 Å². The fourth-order valence-electron chi connectivity index (χ4n) is 3.91. The Morgan fingerprint density at radius 1 is 1.23 bits per heavy atom. The molecule has 1 aliphatic heterocycles. The molecular weight excluding hydrogens is 471 g/mol. The Morgan fingerprint density at radius 3 is 2.73 bits per heavy atom. The number of ether oxygens (including phenoxy) is 1. The monoisotopic (exact) mass is 503 g/mol. The molecule has 1 aromatic heterocycles. The summed E-state index contributed by atoms with van der Waals surface area (Å²) in [4.78, 5) is 13.5. The van der Waals surface area contributed by atoms with Crippen LogP contribution in [0, 0.1) is 17.2 Å². The number of benzene rings is 1. The maximum absolute atomic E-state index is 12.2. The van der Waals surface area contributed by atoms with Crippen LogP contribution >= 0.6 is 11.3 Å². The third-order valence-corrected chi connectivity index (χ3v) is 6.58. The number of thiophene rings is 1. The van der Waals surface area contributed by atoms with Crippen molar-refractivity contribution in [3.05, 3.63) is 52.2 Å². The standard InChI is InChI=1S/C24H32NO3S.Y/c1-2-3-4-10-23(26)18-11-13-20(14-12-18)28-17-19-16-25-24(27)22(19)9-5-7-21-8-6-15-29-21;/h6,8,11-14,19,22-23,26H,2-5,7,9-10,16-17H2,1H3,(H,25,27);/q-1;/t19-,22-,23?;/m1./s1. The predicted octanol–water partition coefficient (Wildman–Crippen LogP) is 4.92. The number of aliphatic hydroxyl groups is 1. The number of aryl methyl sites for hydroxylation is 1. The normalized spacial score (nSPS) is 19.2. The number of aliphatic hydroxyl groups excluding tert-OH is 1. The molecule has 3 rings (SSSR count). The van der Waals surface area contributed by atoms with Gasteiger partial charge >= 0.3 is 0 Å². The van der Waals surface area contributed by atoms with Gasteiger partial charge in [-0.1, -0.05) is 51.2 Å². The number of amides is 1. The second-order valence-corrected chi connectivity index (χ2v) is 8.88. The van der Waals surface area contributed by atoms with Gasteiger partial charge in [0.25, 0.3) is 0 Å². The summed E-state index contributed by atoms with van der Waals surface area (Å²) in [5, 5.41) is 16.4. The Bertz CT molecular complexity index is 735. The second-order valence-electron chi connectivity index (χ2n) is 7.92. The first-order valence-corrected chi connectivity index (χ1v) is 11.6. The van der Waals surface area contributed by atoms with Crippen LogP contribution in [0.25, 0.3) is 0 Å². The smallest absolute Gasteiger partial charge is 0.223 e. The number of carbonyl (C=O) groups excluding carboxylic acids is 1. The molecule has 0 spiro atoms. The molecular formula is C24H32NO3SY-. The minimum Gasteiger partial charge on any atom is -0.493 e. The largest absolute Gasteiger partial charge is 0.493 e. The van der Waals surface area contributed by atoms with Crippen LogP contribution in [0.5, 0.6) is 5.75 Å². The first-order chi connectivity index (χ1) is 14.2. The van der Waals surface area contributed by atoms with Crippen molar-refractivity contribution in [1.29, 1.82) is 0 Å². The van der Waals surface area contributed by atoms with E-state index in [0.717, 1.165) is 56.3 Å². The van der Waals surface area contributed by atoms with Crippen LogP contribution in [0.3, 0.4) is 0 Å². The summed E-state index contributed by atoms with van der Waals surface area (Å²) >= 11 is 1.65. The Kier molecular flexibility index (Phi) is 11.6. The van der Waals surface area contributed by atoms with Gasteiger partial charge in [0.15, 0.2) is 0 Å². The van der Waals surface area contributed by atoms with E-state index < -0.39 is 6.10 Å². The van der Waals surface area contributed by atoms with E-state index in [1.165, 1.54) is 4.88 Å². The molecule has 1 amide bonds. The number of carbonyl (C=O) groups is 1.